The summed E-state index contributed by atoms with van der Waals surface area (Å²) in [5.74, 6) is 0.491. The second kappa shape index (κ2) is 6.55. The summed E-state index contributed by atoms with van der Waals surface area (Å²) in [6.07, 6.45) is 1.07. The normalized spacial score (nSPS) is 24.1. The van der Waals surface area contributed by atoms with E-state index in [9.17, 15) is 23.1 Å². The molecule has 1 fully saturated rings. The number of alkyl halides is 3. The Balaban J connectivity index is 2.26. The van der Waals surface area contributed by atoms with E-state index in [0.29, 0.717) is 19.3 Å². The van der Waals surface area contributed by atoms with Gasteiger partial charge in [-0.1, -0.05) is 12.2 Å². The molecule has 1 unspecified atom stereocenters. The van der Waals surface area contributed by atoms with E-state index in [-0.39, 0.29) is 24.5 Å². The Hall–Kier alpha value is -0.840. The molecular weight excluding hydrogens is 257 g/mol. The molecule has 0 bridgehead atoms. The van der Waals surface area contributed by atoms with Gasteiger partial charge in [0.25, 0.3) is 0 Å². The zero-order chi connectivity index (χ0) is 14.5. The molecule has 0 aromatic carbocycles. The first kappa shape index (κ1) is 16.2. The predicted octanol–water partition coefficient (Wildman–Crippen LogP) is 3.79. The van der Waals surface area contributed by atoms with Crippen LogP contribution in [-0.2, 0) is 4.79 Å². The summed E-state index contributed by atoms with van der Waals surface area (Å²) in [5.41, 5.74) is -1.11. The van der Waals surface area contributed by atoms with E-state index < -0.39 is 18.2 Å². The molecule has 0 aliphatic heterocycles. The van der Waals surface area contributed by atoms with Crippen molar-refractivity contribution in [3.8, 4) is 0 Å². The highest BCUT2D eigenvalue weighted by molar-refractivity contribution is 5.80. The minimum Gasteiger partial charge on any atom is -0.390 e. The molecular formula is C14H21F3O2. The molecule has 0 radical (unpaired) electrons. The maximum absolute atomic E-state index is 12.0. The predicted molar refractivity (Wildman–Crippen MR) is 66.6 cm³/mol. The lowest BCUT2D eigenvalue weighted by Gasteiger charge is -2.22. The van der Waals surface area contributed by atoms with Gasteiger partial charge < -0.3 is 5.11 Å². The molecule has 0 aromatic heterocycles. The van der Waals surface area contributed by atoms with Gasteiger partial charge in [-0.3, -0.25) is 4.79 Å². The van der Waals surface area contributed by atoms with Crippen molar-refractivity contribution < 1.29 is 23.1 Å². The number of rotatable bonds is 6. The fraction of sp³-hybridized carbons (Fsp3) is 0.786. The van der Waals surface area contributed by atoms with Crippen molar-refractivity contribution in [1.82, 2.24) is 0 Å². The Kier molecular flexibility index (Phi) is 5.59. The van der Waals surface area contributed by atoms with Crippen LogP contribution in [0.4, 0.5) is 13.2 Å². The number of allylic oxidation sites excluding steroid dienone is 1. The fourth-order valence-corrected chi connectivity index (χ4v) is 2.29. The average molecular weight is 278 g/mol. The first-order valence-electron chi connectivity index (χ1n) is 6.65. The Morgan fingerprint density at radius 3 is 2.58 bits per heavy atom. The molecule has 5 heteroatoms. The van der Waals surface area contributed by atoms with Crippen LogP contribution in [0.1, 0.15) is 51.9 Å². The molecule has 0 amide bonds. The summed E-state index contributed by atoms with van der Waals surface area (Å²) in [5, 5.41) is 9.95. The van der Waals surface area contributed by atoms with Crippen LogP contribution in [0.3, 0.4) is 0 Å². The summed E-state index contributed by atoms with van der Waals surface area (Å²) in [7, 11) is 0. The van der Waals surface area contributed by atoms with E-state index in [0.717, 1.165) is 6.42 Å². The topological polar surface area (TPSA) is 37.3 Å². The fourth-order valence-electron chi connectivity index (χ4n) is 2.29. The highest BCUT2D eigenvalue weighted by atomic mass is 19.4. The monoisotopic (exact) mass is 278 g/mol. The van der Waals surface area contributed by atoms with Crippen LogP contribution in [-0.4, -0.2) is 22.7 Å². The number of carbonyl (C=O) groups excluding carboxylic acids is 1. The van der Waals surface area contributed by atoms with E-state index in [1.165, 1.54) is 0 Å². The molecule has 2 atom stereocenters. The third-order valence-corrected chi connectivity index (χ3v) is 3.43. The third-order valence-electron chi connectivity index (χ3n) is 3.43. The van der Waals surface area contributed by atoms with Gasteiger partial charge in [0.2, 0.25) is 0 Å². The van der Waals surface area contributed by atoms with Crippen molar-refractivity contribution in [3.05, 3.63) is 12.2 Å². The van der Waals surface area contributed by atoms with Crippen LogP contribution >= 0.6 is 0 Å². The SMILES string of the molecule is CC(O)(C/C=C/[C@H]1CCC(=O)C1)CCCC(F)(F)F. The number of ketones is 1. The van der Waals surface area contributed by atoms with Crippen molar-refractivity contribution >= 4 is 5.78 Å². The highest BCUT2D eigenvalue weighted by Crippen LogP contribution is 2.27. The third kappa shape index (κ3) is 7.35. The summed E-state index contributed by atoms with van der Waals surface area (Å²) in [6.45, 7) is 1.55. The zero-order valence-electron chi connectivity index (χ0n) is 11.2. The molecule has 1 aliphatic carbocycles. The number of carbonyl (C=O) groups is 1. The largest absolute Gasteiger partial charge is 0.390 e. The van der Waals surface area contributed by atoms with Crippen LogP contribution in [0.15, 0.2) is 12.2 Å². The van der Waals surface area contributed by atoms with Gasteiger partial charge >= 0.3 is 6.18 Å². The summed E-state index contributed by atoms with van der Waals surface area (Å²) in [4.78, 5) is 11.1. The lowest BCUT2D eigenvalue weighted by molar-refractivity contribution is -0.137. The Morgan fingerprint density at radius 1 is 1.37 bits per heavy atom. The first-order valence-corrected chi connectivity index (χ1v) is 6.65. The lowest BCUT2D eigenvalue weighted by atomic mass is 9.94. The van der Waals surface area contributed by atoms with Crippen molar-refractivity contribution in [2.75, 3.05) is 0 Å². The zero-order valence-corrected chi connectivity index (χ0v) is 11.2. The summed E-state index contributed by atoms with van der Waals surface area (Å²) in [6, 6.07) is 0. The second-order valence-corrected chi connectivity index (χ2v) is 5.64. The molecule has 0 saturated heterocycles. The van der Waals surface area contributed by atoms with Crippen LogP contribution in [0.2, 0.25) is 0 Å². The van der Waals surface area contributed by atoms with Gasteiger partial charge in [0.05, 0.1) is 5.60 Å². The Morgan fingerprint density at radius 2 is 2.05 bits per heavy atom. The highest BCUT2D eigenvalue weighted by Gasteiger charge is 2.28. The summed E-state index contributed by atoms with van der Waals surface area (Å²) < 4.78 is 36.0. The molecule has 1 saturated carbocycles. The van der Waals surface area contributed by atoms with Crippen molar-refractivity contribution in [2.24, 2.45) is 5.92 Å². The number of aliphatic hydroxyl groups is 1. The van der Waals surface area contributed by atoms with Crippen LogP contribution in [0.25, 0.3) is 0 Å². The van der Waals surface area contributed by atoms with E-state index in [1.54, 1.807) is 13.0 Å². The first-order chi connectivity index (χ1) is 8.68. The molecule has 0 aromatic rings. The van der Waals surface area contributed by atoms with Crippen LogP contribution in [0.5, 0.6) is 0 Å². The van der Waals surface area contributed by atoms with E-state index in [1.807, 2.05) is 6.08 Å². The van der Waals surface area contributed by atoms with Crippen LogP contribution < -0.4 is 0 Å². The van der Waals surface area contributed by atoms with Crippen molar-refractivity contribution in [3.63, 3.8) is 0 Å². The number of hydrogen-bond acceptors (Lipinski definition) is 2. The second-order valence-electron chi connectivity index (χ2n) is 5.64. The van der Waals surface area contributed by atoms with Gasteiger partial charge in [-0.2, -0.15) is 13.2 Å². The van der Waals surface area contributed by atoms with Gasteiger partial charge in [0.1, 0.15) is 5.78 Å². The smallest absolute Gasteiger partial charge is 0.389 e. The molecule has 2 nitrogen and oxygen atoms in total. The Labute approximate surface area is 111 Å². The molecule has 1 N–H and O–H groups in total. The molecule has 1 rings (SSSR count). The summed E-state index contributed by atoms with van der Waals surface area (Å²) >= 11 is 0. The maximum atomic E-state index is 12.0. The van der Waals surface area contributed by atoms with E-state index in [4.69, 9.17) is 0 Å². The van der Waals surface area contributed by atoms with Gasteiger partial charge in [-0.25, -0.2) is 0 Å². The number of Topliss-reactive ketones (excluding diaryl/α,β-unsaturated/α-hetero) is 1. The lowest BCUT2D eigenvalue weighted by Crippen LogP contribution is -2.23. The molecule has 0 heterocycles. The average Bonchev–Trinajstić information content (AvgIpc) is 2.61. The number of halogens is 3. The minimum absolute atomic E-state index is 0.0632. The molecule has 0 spiro atoms. The van der Waals surface area contributed by atoms with E-state index in [2.05, 4.69) is 0 Å². The van der Waals surface area contributed by atoms with Crippen molar-refractivity contribution in [1.29, 1.82) is 0 Å². The molecule has 1 aliphatic rings. The maximum Gasteiger partial charge on any atom is 0.389 e. The minimum atomic E-state index is -4.16. The van der Waals surface area contributed by atoms with E-state index >= 15 is 0 Å². The quantitative estimate of drug-likeness (QED) is 0.751. The number of hydrogen-bond donors (Lipinski definition) is 1. The molecule has 110 valence electrons. The Bertz CT molecular complexity index is 332. The van der Waals surface area contributed by atoms with Gasteiger partial charge in [0.15, 0.2) is 0 Å². The molecule has 19 heavy (non-hydrogen) atoms. The van der Waals surface area contributed by atoms with Crippen LogP contribution in [0, 0.1) is 5.92 Å². The van der Waals surface area contributed by atoms with Crippen molar-refractivity contribution in [2.45, 2.75) is 63.6 Å². The van der Waals surface area contributed by atoms with Gasteiger partial charge in [-0.05, 0) is 38.5 Å². The standard InChI is InChI=1S/C14H21F3O2/c1-13(19,8-3-9-14(15,16)17)7-2-4-11-5-6-12(18)10-11/h2,4,11,19H,3,5-10H2,1H3/b4-2+/t11-,13?/m0/s1. The van der Waals surface area contributed by atoms with Gasteiger partial charge in [0, 0.05) is 19.3 Å². The van der Waals surface area contributed by atoms with Gasteiger partial charge in [-0.15, -0.1) is 0 Å².